The quantitative estimate of drug-likeness (QED) is 0.526. The molecule has 0 amide bonds. The molecule has 0 aliphatic heterocycles. The van der Waals surface area contributed by atoms with Gasteiger partial charge in [0.05, 0.1) is 4.88 Å². The van der Waals surface area contributed by atoms with Crippen LogP contribution in [0.4, 0.5) is 0 Å². The fourth-order valence-corrected chi connectivity index (χ4v) is 3.64. The first-order chi connectivity index (χ1) is 8.83. The second-order valence-corrected chi connectivity index (χ2v) is 5.78. The van der Waals surface area contributed by atoms with E-state index >= 15 is 0 Å². The van der Waals surface area contributed by atoms with Gasteiger partial charge in [-0.3, -0.25) is 9.78 Å². The van der Waals surface area contributed by atoms with Crippen molar-refractivity contribution in [2.45, 2.75) is 0 Å². The molecular weight excluding hydrogens is 262 g/mol. The highest BCUT2D eigenvalue weighted by Crippen LogP contribution is 2.30. The number of rotatable bonds is 3. The molecule has 0 aliphatic carbocycles. The van der Waals surface area contributed by atoms with E-state index in [1.54, 1.807) is 47.2 Å². The van der Waals surface area contributed by atoms with E-state index in [0.717, 1.165) is 10.4 Å². The van der Waals surface area contributed by atoms with Crippen LogP contribution in [0.5, 0.6) is 0 Å². The summed E-state index contributed by atoms with van der Waals surface area (Å²) in [6.07, 6.45) is 6.85. The Morgan fingerprint density at radius 1 is 1.28 bits per heavy atom. The smallest absolute Gasteiger partial charge is 0.195 e. The van der Waals surface area contributed by atoms with E-state index < -0.39 is 0 Å². The van der Waals surface area contributed by atoms with Gasteiger partial charge in [0.2, 0.25) is 0 Å². The zero-order chi connectivity index (χ0) is 12.4. The standard InChI is InChI=1S/C14H9NOS2/c16-11(4-3-10-2-1-6-15-9-10)13-8-14-12(18-13)5-7-17-14/h1-9H/b4-3+. The van der Waals surface area contributed by atoms with Crippen LogP contribution in [0.3, 0.4) is 0 Å². The molecule has 3 rings (SSSR count). The van der Waals surface area contributed by atoms with Gasteiger partial charge in [-0.05, 0) is 41.3 Å². The van der Waals surface area contributed by atoms with Gasteiger partial charge in [0.15, 0.2) is 5.78 Å². The highest BCUT2D eigenvalue weighted by Gasteiger charge is 2.07. The lowest BCUT2D eigenvalue weighted by atomic mass is 10.2. The summed E-state index contributed by atoms with van der Waals surface area (Å²) in [5, 5.41) is 2.04. The first-order valence-electron chi connectivity index (χ1n) is 5.42. The molecule has 0 bridgehead atoms. The van der Waals surface area contributed by atoms with Crippen molar-refractivity contribution in [3.8, 4) is 0 Å². The largest absolute Gasteiger partial charge is 0.288 e. The number of ketones is 1. The number of carbonyl (C=O) groups is 1. The molecule has 2 nitrogen and oxygen atoms in total. The highest BCUT2D eigenvalue weighted by atomic mass is 32.1. The Labute approximate surface area is 112 Å². The van der Waals surface area contributed by atoms with Crippen molar-refractivity contribution in [3.05, 3.63) is 58.6 Å². The lowest BCUT2D eigenvalue weighted by Crippen LogP contribution is -1.88. The fraction of sp³-hybridized carbons (Fsp3) is 0. The second-order valence-electron chi connectivity index (χ2n) is 3.74. The zero-order valence-electron chi connectivity index (χ0n) is 9.37. The molecule has 0 N–H and O–H groups in total. The predicted molar refractivity (Wildman–Crippen MR) is 77.3 cm³/mol. The molecule has 0 unspecified atom stereocenters. The number of thiophene rings is 2. The van der Waals surface area contributed by atoms with Gasteiger partial charge in [-0.2, -0.15) is 0 Å². The minimum atomic E-state index is 0.0484. The molecule has 0 spiro atoms. The molecule has 0 fully saturated rings. The maximum absolute atomic E-state index is 12.0. The minimum Gasteiger partial charge on any atom is -0.288 e. The Bertz CT molecular complexity index is 681. The monoisotopic (exact) mass is 271 g/mol. The Morgan fingerprint density at radius 3 is 3.00 bits per heavy atom. The van der Waals surface area contributed by atoms with Crippen LogP contribution >= 0.6 is 22.7 Å². The SMILES string of the molecule is O=C(/C=C/c1cccnc1)c1cc2sccc2s1. The van der Waals surface area contributed by atoms with Crippen LogP contribution in [0, 0.1) is 0 Å². The summed E-state index contributed by atoms with van der Waals surface area (Å²) in [6.45, 7) is 0. The third-order valence-electron chi connectivity index (χ3n) is 2.49. The van der Waals surface area contributed by atoms with Gasteiger partial charge in [0.25, 0.3) is 0 Å². The summed E-state index contributed by atoms with van der Waals surface area (Å²) >= 11 is 3.21. The number of aromatic nitrogens is 1. The Hall–Kier alpha value is -1.78. The molecule has 4 heteroatoms. The molecule has 88 valence electrons. The Morgan fingerprint density at radius 2 is 2.22 bits per heavy atom. The molecule has 3 aromatic rings. The molecule has 0 atom stereocenters. The van der Waals surface area contributed by atoms with Crippen LogP contribution in [0.2, 0.25) is 0 Å². The van der Waals surface area contributed by atoms with Gasteiger partial charge in [-0.1, -0.05) is 6.07 Å². The molecule has 3 heterocycles. The number of pyridine rings is 1. The summed E-state index contributed by atoms with van der Waals surface area (Å²) in [7, 11) is 0. The van der Waals surface area contributed by atoms with Crippen LogP contribution in [0.1, 0.15) is 15.2 Å². The van der Waals surface area contributed by atoms with Gasteiger partial charge < -0.3 is 0 Å². The van der Waals surface area contributed by atoms with Crippen LogP contribution in [-0.2, 0) is 0 Å². The third kappa shape index (κ3) is 2.25. The first kappa shape index (κ1) is 11.3. The highest BCUT2D eigenvalue weighted by molar-refractivity contribution is 7.27. The summed E-state index contributed by atoms with van der Waals surface area (Å²) in [4.78, 5) is 16.8. The molecule has 3 aromatic heterocycles. The summed E-state index contributed by atoms with van der Waals surface area (Å²) < 4.78 is 2.36. The second kappa shape index (κ2) is 4.84. The molecule has 0 saturated heterocycles. The van der Waals surface area contributed by atoms with Gasteiger partial charge in [0, 0.05) is 21.8 Å². The lowest BCUT2D eigenvalue weighted by Gasteiger charge is -1.90. The Balaban J connectivity index is 1.83. The van der Waals surface area contributed by atoms with E-state index in [1.807, 2.05) is 29.6 Å². The Kier molecular flexibility index (Phi) is 3.04. The van der Waals surface area contributed by atoms with Crippen molar-refractivity contribution in [2.24, 2.45) is 0 Å². The fourth-order valence-electron chi connectivity index (χ4n) is 1.62. The van der Waals surface area contributed by atoms with E-state index in [2.05, 4.69) is 4.98 Å². The lowest BCUT2D eigenvalue weighted by molar-refractivity contribution is 0.105. The number of fused-ring (bicyclic) bond motifs is 1. The van der Waals surface area contributed by atoms with E-state index in [4.69, 9.17) is 0 Å². The van der Waals surface area contributed by atoms with Gasteiger partial charge in [0.1, 0.15) is 0 Å². The van der Waals surface area contributed by atoms with Crippen molar-refractivity contribution in [2.75, 3.05) is 0 Å². The summed E-state index contributed by atoms with van der Waals surface area (Å²) in [6, 6.07) is 7.78. The summed E-state index contributed by atoms with van der Waals surface area (Å²) in [5.41, 5.74) is 0.934. The van der Waals surface area contributed by atoms with Crippen molar-refractivity contribution < 1.29 is 4.79 Å². The predicted octanol–water partition coefficient (Wildman–Crippen LogP) is 4.25. The maximum atomic E-state index is 12.0. The van der Waals surface area contributed by atoms with Crippen LogP contribution < -0.4 is 0 Å². The van der Waals surface area contributed by atoms with Crippen LogP contribution in [-0.4, -0.2) is 10.8 Å². The molecule has 0 aliphatic rings. The average molecular weight is 271 g/mol. The van der Waals surface area contributed by atoms with E-state index in [1.165, 1.54) is 9.40 Å². The summed E-state index contributed by atoms with van der Waals surface area (Å²) in [5.74, 6) is 0.0484. The van der Waals surface area contributed by atoms with Crippen molar-refractivity contribution in [1.29, 1.82) is 0 Å². The molecule has 18 heavy (non-hydrogen) atoms. The average Bonchev–Trinajstić information content (AvgIpc) is 2.98. The first-order valence-corrected chi connectivity index (χ1v) is 7.12. The molecule has 0 saturated carbocycles. The molecular formula is C14H9NOS2. The molecule has 0 aromatic carbocycles. The van der Waals surface area contributed by atoms with Crippen LogP contribution in [0.15, 0.2) is 48.1 Å². The van der Waals surface area contributed by atoms with Crippen molar-refractivity contribution in [3.63, 3.8) is 0 Å². The van der Waals surface area contributed by atoms with E-state index in [0.29, 0.717) is 0 Å². The normalized spacial score (nSPS) is 11.3. The zero-order valence-corrected chi connectivity index (χ0v) is 11.0. The van der Waals surface area contributed by atoms with Crippen molar-refractivity contribution >= 4 is 43.9 Å². The number of hydrogen-bond donors (Lipinski definition) is 0. The molecule has 0 radical (unpaired) electrons. The number of hydrogen-bond acceptors (Lipinski definition) is 4. The topological polar surface area (TPSA) is 30.0 Å². The third-order valence-corrected chi connectivity index (χ3v) is 4.60. The van der Waals surface area contributed by atoms with E-state index in [-0.39, 0.29) is 5.78 Å². The number of carbonyl (C=O) groups excluding carboxylic acids is 1. The van der Waals surface area contributed by atoms with Crippen molar-refractivity contribution in [1.82, 2.24) is 4.98 Å². The maximum Gasteiger partial charge on any atom is 0.195 e. The number of nitrogens with zero attached hydrogens (tertiary/aromatic N) is 1. The van der Waals surface area contributed by atoms with Gasteiger partial charge in [-0.15, -0.1) is 22.7 Å². The minimum absolute atomic E-state index is 0.0484. The van der Waals surface area contributed by atoms with E-state index in [9.17, 15) is 4.79 Å². The van der Waals surface area contributed by atoms with Crippen LogP contribution in [0.25, 0.3) is 15.5 Å². The van der Waals surface area contributed by atoms with Gasteiger partial charge >= 0.3 is 0 Å². The van der Waals surface area contributed by atoms with Gasteiger partial charge in [-0.25, -0.2) is 0 Å². The number of allylic oxidation sites excluding steroid dienone is 1.